The molecule has 11 heteroatoms. The molecule has 5 rings (SSSR count). The van der Waals surface area contributed by atoms with Gasteiger partial charge in [0.05, 0.1) is 22.4 Å². The molecule has 5 N–H and O–H groups in total. The van der Waals surface area contributed by atoms with Gasteiger partial charge in [0.1, 0.15) is 0 Å². The van der Waals surface area contributed by atoms with Gasteiger partial charge >= 0.3 is 0 Å². The molecule has 2 saturated carbocycles. The fourth-order valence-electron chi connectivity index (χ4n) is 5.85. The van der Waals surface area contributed by atoms with E-state index in [0.29, 0.717) is 39.7 Å². The third-order valence-corrected chi connectivity index (χ3v) is 8.95. The number of hydrogen-bond acceptors (Lipinski definition) is 4. The lowest BCUT2D eigenvalue weighted by atomic mass is 9.89. The van der Waals surface area contributed by atoms with E-state index in [-0.39, 0.29) is 23.1 Å². The molecule has 2 fully saturated rings. The molecular weight excluding hydrogens is 633 g/mol. The van der Waals surface area contributed by atoms with Crippen molar-refractivity contribution in [1.82, 2.24) is 10.6 Å². The number of anilines is 2. The summed E-state index contributed by atoms with van der Waals surface area (Å²) >= 11 is 11.9. The van der Waals surface area contributed by atoms with E-state index in [4.69, 9.17) is 28.9 Å². The van der Waals surface area contributed by atoms with Gasteiger partial charge in [-0.2, -0.15) is 0 Å². The zero-order chi connectivity index (χ0) is 33.1. The summed E-state index contributed by atoms with van der Waals surface area (Å²) in [6.45, 7) is 1.29. The highest BCUT2D eigenvalue weighted by atomic mass is 35.5. The van der Waals surface area contributed by atoms with Crippen LogP contribution in [0.4, 0.5) is 20.2 Å². The molecule has 0 saturated heterocycles. The highest BCUT2D eigenvalue weighted by molar-refractivity contribution is 6.31. The second-order valence-corrected chi connectivity index (χ2v) is 12.8. The van der Waals surface area contributed by atoms with Crippen molar-refractivity contribution in [1.29, 1.82) is 0 Å². The lowest BCUT2D eigenvalue weighted by molar-refractivity contribution is 0.0936. The minimum atomic E-state index is -1.24. The van der Waals surface area contributed by atoms with Crippen LogP contribution in [-0.2, 0) is 0 Å². The van der Waals surface area contributed by atoms with Crippen molar-refractivity contribution in [2.45, 2.75) is 64.2 Å². The van der Waals surface area contributed by atoms with E-state index in [1.165, 1.54) is 68.9 Å². The van der Waals surface area contributed by atoms with Crippen LogP contribution in [0.25, 0.3) is 0 Å². The topological polar surface area (TPSA) is 113 Å². The van der Waals surface area contributed by atoms with Gasteiger partial charge in [-0.25, -0.2) is 8.78 Å². The van der Waals surface area contributed by atoms with Gasteiger partial charge in [0.25, 0.3) is 17.7 Å². The maximum atomic E-state index is 13.9. The van der Waals surface area contributed by atoms with E-state index < -0.39 is 23.1 Å². The fourth-order valence-corrected chi connectivity index (χ4v) is 6.20. The van der Waals surface area contributed by atoms with Crippen LogP contribution >= 0.6 is 23.2 Å². The number of carbonyl (C=O) groups excluding carboxylic acids is 3. The predicted octanol–water partition coefficient (Wildman–Crippen LogP) is 8.41. The third-order valence-electron chi connectivity index (χ3n) is 8.48. The molecule has 3 aromatic rings. The Morgan fingerprint density at radius 3 is 1.78 bits per heavy atom. The Morgan fingerprint density at radius 1 is 0.674 bits per heavy atom. The van der Waals surface area contributed by atoms with Gasteiger partial charge in [-0.05, 0) is 86.1 Å². The third kappa shape index (κ3) is 10.2. The number of nitrogen functional groups attached to an aromatic ring is 1. The van der Waals surface area contributed by atoms with Crippen LogP contribution in [0, 0.1) is 23.5 Å². The van der Waals surface area contributed by atoms with Crippen molar-refractivity contribution < 1.29 is 23.2 Å². The molecule has 2 aliphatic carbocycles. The van der Waals surface area contributed by atoms with Gasteiger partial charge in [0.2, 0.25) is 0 Å². The normalized spacial score (nSPS) is 15.3. The molecule has 0 aliphatic heterocycles. The quantitative estimate of drug-likeness (QED) is 0.180. The second-order valence-electron chi connectivity index (χ2n) is 11.9. The van der Waals surface area contributed by atoms with Gasteiger partial charge in [0, 0.05) is 28.8 Å². The minimum absolute atomic E-state index is 0.124. The summed E-state index contributed by atoms with van der Waals surface area (Å²) in [6, 6.07) is 12.7. The van der Waals surface area contributed by atoms with Crippen molar-refractivity contribution >= 4 is 52.3 Å². The van der Waals surface area contributed by atoms with Crippen LogP contribution in [0.15, 0.2) is 54.6 Å². The summed E-state index contributed by atoms with van der Waals surface area (Å²) in [5.41, 5.74) is 6.64. The molecule has 0 heterocycles. The number of carbonyl (C=O) groups is 3. The van der Waals surface area contributed by atoms with Crippen molar-refractivity contribution in [3.63, 3.8) is 0 Å². The molecule has 3 aromatic carbocycles. The lowest BCUT2D eigenvalue weighted by Gasteiger charge is -2.22. The van der Waals surface area contributed by atoms with E-state index in [9.17, 15) is 23.2 Å². The smallest absolute Gasteiger partial charge is 0.258 e. The van der Waals surface area contributed by atoms with Gasteiger partial charge in [0.15, 0.2) is 11.6 Å². The number of halogens is 4. The molecule has 0 aromatic heterocycles. The zero-order valence-corrected chi connectivity index (χ0v) is 27.2. The molecule has 0 radical (unpaired) electrons. The summed E-state index contributed by atoms with van der Waals surface area (Å²) in [5.74, 6) is -2.64. The highest BCUT2D eigenvalue weighted by Gasteiger charge is 2.21. The van der Waals surface area contributed by atoms with Gasteiger partial charge in [-0.1, -0.05) is 67.8 Å². The largest absolute Gasteiger partial charge is 0.398 e. The molecule has 2 aliphatic rings. The van der Waals surface area contributed by atoms with Crippen molar-refractivity contribution in [2.75, 3.05) is 24.1 Å². The minimum Gasteiger partial charge on any atom is -0.398 e. The molecular formula is C35H40Cl2F2N4O3. The van der Waals surface area contributed by atoms with Crippen LogP contribution in [0.3, 0.4) is 0 Å². The van der Waals surface area contributed by atoms with E-state index in [1.54, 1.807) is 18.2 Å². The summed E-state index contributed by atoms with van der Waals surface area (Å²) < 4.78 is 27.2. The van der Waals surface area contributed by atoms with Crippen LogP contribution in [0.5, 0.6) is 0 Å². The maximum absolute atomic E-state index is 13.9. The summed E-state index contributed by atoms with van der Waals surface area (Å²) in [6.07, 6.45) is 12.0. The van der Waals surface area contributed by atoms with Crippen LogP contribution in [0.2, 0.25) is 10.0 Å². The molecule has 0 spiro atoms. The molecule has 246 valence electrons. The molecule has 0 unspecified atom stereocenters. The summed E-state index contributed by atoms with van der Waals surface area (Å²) in [5, 5.41) is 9.19. The second kappa shape index (κ2) is 17.3. The van der Waals surface area contributed by atoms with Crippen molar-refractivity contribution in [3.05, 3.63) is 93.0 Å². The fraction of sp³-hybridized carbons (Fsp3) is 0.400. The summed E-state index contributed by atoms with van der Waals surface area (Å²) in [7, 11) is 0. The Hall–Kier alpha value is -3.69. The monoisotopic (exact) mass is 672 g/mol. The number of benzene rings is 3. The van der Waals surface area contributed by atoms with Crippen molar-refractivity contribution in [2.24, 2.45) is 11.8 Å². The number of nitrogens with one attached hydrogen (secondary N) is 3. The lowest BCUT2D eigenvalue weighted by Crippen LogP contribution is -2.31. The summed E-state index contributed by atoms with van der Waals surface area (Å²) in [4.78, 5) is 37.0. The highest BCUT2D eigenvalue weighted by Crippen LogP contribution is 2.26. The van der Waals surface area contributed by atoms with Crippen LogP contribution < -0.4 is 21.7 Å². The van der Waals surface area contributed by atoms with E-state index in [0.717, 1.165) is 38.3 Å². The zero-order valence-electron chi connectivity index (χ0n) is 25.7. The Kier molecular flexibility index (Phi) is 13.2. The van der Waals surface area contributed by atoms with Crippen molar-refractivity contribution in [3.8, 4) is 0 Å². The first-order valence-corrected chi connectivity index (χ1v) is 16.5. The van der Waals surface area contributed by atoms with Crippen LogP contribution in [-0.4, -0.2) is 30.8 Å². The van der Waals surface area contributed by atoms with Crippen LogP contribution in [0.1, 0.15) is 95.3 Å². The van der Waals surface area contributed by atoms with E-state index in [1.807, 2.05) is 0 Å². The van der Waals surface area contributed by atoms with E-state index >= 15 is 0 Å². The number of nitrogens with two attached hydrogens (primary N) is 1. The van der Waals surface area contributed by atoms with E-state index in [2.05, 4.69) is 16.0 Å². The Balaban J connectivity index is 0.000000230. The average molecular weight is 674 g/mol. The Bertz CT molecular complexity index is 1530. The molecule has 7 nitrogen and oxygen atoms in total. The first-order chi connectivity index (χ1) is 22.1. The number of hydrogen-bond donors (Lipinski definition) is 4. The van der Waals surface area contributed by atoms with Gasteiger partial charge in [-0.15, -0.1) is 0 Å². The first kappa shape index (κ1) is 35.2. The molecule has 46 heavy (non-hydrogen) atoms. The molecule has 3 amide bonds. The number of rotatable bonds is 8. The number of amides is 3. The molecule has 0 atom stereocenters. The van der Waals surface area contributed by atoms with Gasteiger partial charge in [-0.3, -0.25) is 14.4 Å². The maximum Gasteiger partial charge on any atom is 0.258 e. The SMILES string of the molecule is Nc1ccc(Cl)cc1C(=O)NCC1CCCCC1.O=C(NCC1CCCCC1)c1cc(Cl)ccc1NC(=O)c1cccc(F)c1F. The first-order valence-electron chi connectivity index (χ1n) is 15.8. The predicted molar refractivity (Wildman–Crippen MR) is 179 cm³/mol. The molecule has 0 bridgehead atoms. The standard InChI is InChI=1S/C21H21ClF2N2O2.C14H19ClN2O/c22-14-9-10-18(26-21(28)15-7-4-8-17(23)19(15)24)16(11-14)20(27)25-12-13-5-2-1-3-6-13;15-11-6-7-13(16)12(8-11)14(18)17-9-10-4-2-1-3-5-10/h4,7-11,13H,1-3,5-6,12H2,(H,25,27)(H,26,28);6-8,10H,1-5,9,16H2,(H,17,18). The van der Waals surface area contributed by atoms with Gasteiger partial charge < -0.3 is 21.7 Å². The Labute approximate surface area is 278 Å². The average Bonchev–Trinajstić information content (AvgIpc) is 3.07. The Morgan fingerprint density at radius 2 is 1.20 bits per heavy atom.